The van der Waals surface area contributed by atoms with Crippen molar-refractivity contribution in [2.75, 3.05) is 0 Å². The number of carbonyl (C=O) groups is 1. The lowest BCUT2D eigenvalue weighted by Crippen LogP contribution is -2.15. The van der Waals surface area contributed by atoms with Gasteiger partial charge in [-0.1, -0.05) is 22.0 Å². The third-order valence-corrected chi connectivity index (χ3v) is 2.55. The Bertz CT molecular complexity index is 361. The zero-order valence-corrected chi connectivity index (χ0v) is 10.8. The molecule has 1 atom stereocenters. The summed E-state index contributed by atoms with van der Waals surface area (Å²) in [6.07, 6.45) is 0.377. The van der Waals surface area contributed by atoms with Crippen molar-refractivity contribution in [1.29, 1.82) is 0 Å². The van der Waals surface area contributed by atoms with Crippen LogP contribution in [-0.2, 0) is 4.79 Å². The SMILES string of the molecule is CC(=O)CC(C)Oc1cc(Br)ccc1C. The summed E-state index contributed by atoms with van der Waals surface area (Å²) in [5, 5.41) is 0. The molecule has 1 unspecified atom stereocenters. The van der Waals surface area contributed by atoms with Gasteiger partial charge in [-0.3, -0.25) is 4.79 Å². The lowest BCUT2D eigenvalue weighted by Gasteiger charge is -2.15. The summed E-state index contributed by atoms with van der Waals surface area (Å²) in [4.78, 5) is 10.9. The summed E-state index contributed by atoms with van der Waals surface area (Å²) in [6, 6.07) is 5.88. The summed E-state index contributed by atoms with van der Waals surface area (Å²) in [7, 11) is 0. The fourth-order valence-electron chi connectivity index (χ4n) is 1.36. The largest absolute Gasteiger partial charge is 0.490 e. The quantitative estimate of drug-likeness (QED) is 0.837. The highest BCUT2D eigenvalue weighted by atomic mass is 79.9. The van der Waals surface area contributed by atoms with E-state index in [1.807, 2.05) is 32.0 Å². The fraction of sp³-hybridized carbons (Fsp3) is 0.417. The van der Waals surface area contributed by atoms with Gasteiger partial charge in [0.05, 0.1) is 0 Å². The molecule has 0 N–H and O–H groups in total. The zero-order chi connectivity index (χ0) is 11.4. The number of ether oxygens (including phenoxy) is 1. The van der Waals surface area contributed by atoms with Gasteiger partial charge in [-0.15, -0.1) is 0 Å². The Morgan fingerprint density at radius 3 is 2.80 bits per heavy atom. The molecule has 1 rings (SSSR count). The Morgan fingerprint density at radius 1 is 1.53 bits per heavy atom. The number of ketones is 1. The molecule has 2 nitrogen and oxygen atoms in total. The number of halogens is 1. The van der Waals surface area contributed by atoms with Crippen LogP contribution < -0.4 is 4.74 Å². The van der Waals surface area contributed by atoms with Crippen molar-refractivity contribution in [3.05, 3.63) is 28.2 Å². The van der Waals surface area contributed by atoms with Gasteiger partial charge in [0.15, 0.2) is 0 Å². The van der Waals surface area contributed by atoms with Crippen molar-refractivity contribution in [2.45, 2.75) is 33.3 Å². The minimum Gasteiger partial charge on any atom is -0.490 e. The molecule has 0 aromatic heterocycles. The first-order valence-corrected chi connectivity index (χ1v) is 5.70. The van der Waals surface area contributed by atoms with E-state index in [1.165, 1.54) is 0 Å². The smallest absolute Gasteiger partial charge is 0.133 e. The van der Waals surface area contributed by atoms with Crippen molar-refractivity contribution < 1.29 is 9.53 Å². The molecule has 0 aliphatic heterocycles. The van der Waals surface area contributed by atoms with Crippen LogP contribution in [-0.4, -0.2) is 11.9 Å². The lowest BCUT2D eigenvalue weighted by molar-refractivity contribution is -0.118. The highest BCUT2D eigenvalue weighted by Gasteiger charge is 2.08. The maximum atomic E-state index is 10.9. The van der Waals surface area contributed by atoms with Gasteiger partial charge in [0.25, 0.3) is 0 Å². The molecule has 0 spiro atoms. The van der Waals surface area contributed by atoms with E-state index in [9.17, 15) is 4.79 Å². The van der Waals surface area contributed by atoms with Gasteiger partial charge < -0.3 is 4.74 Å². The van der Waals surface area contributed by atoms with E-state index >= 15 is 0 Å². The average molecular weight is 271 g/mol. The van der Waals surface area contributed by atoms with Crippen LogP contribution in [0.2, 0.25) is 0 Å². The maximum absolute atomic E-state index is 10.9. The summed E-state index contributed by atoms with van der Waals surface area (Å²) >= 11 is 3.39. The number of rotatable bonds is 4. The third kappa shape index (κ3) is 4.04. The molecule has 0 fully saturated rings. The second-order valence-electron chi connectivity index (χ2n) is 3.74. The molecular formula is C12H15BrO2. The van der Waals surface area contributed by atoms with E-state index in [2.05, 4.69) is 15.9 Å². The summed E-state index contributed by atoms with van der Waals surface area (Å²) in [6.45, 7) is 5.47. The maximum Gasteiger partial charge on any atom is 0.133 e. The van der Waals surface area contributed by atoms with Crippen LogP contribution in [0.5, 0.6) is 5.75 Å². The number of carbonyl (C=O) groups excluding carboxylic acids is 1. The Kier molecular flexibility index (Phi) is 4.33. The van der Waals surface area contributed by atoms with Crippen LogP contribution in [0.1, 0.15) is 25.8 Å². The topological polar surface area (TPSA) is 26.3 Å². The van der Waals surface area contributed by atoms with Gasteiger partial charge >= 0.3 is 0 Å². The first kappa shape index (κ1) is 12.2. The summed E-state index contributed by atoms with van der Waals surface area (Å²) in [5.41, 5.74) is 1.08. The third-order valence-electron chi connectivity index (χ3n) is 2.05. The van der Waals surface area contributed by atoms with E-state index in [4.69, 9.17) is 4.74 Å². The zero-order valence-electron chi connectivity index (χ0n) is 9.21. The molecule has 1 aromatic rings. The Hall–Kier alpha value is -0.830. The van der Waals surface area contributed by atoms with E-state index in [1.54, 1.807) is 6.92 Å². The predicted molar refractivity (Wildman–Crippen MR) is 64.3 cm³/mol. The summed E-state index contributed by atoms with van der Waals surface area (Å²) < 4.78 is 6.67. The van der Waals surface area contributed by atoms with E-state index < -0.39 is 0 Å². The lowest BCUT2D eigenvalue weighted by atomic mass is 10.2. The Balaban J connectivity index is 2.71. The number of Topliss-reactive ketones (excluding diaryl/α,β-unsaturated/α-hetero) is 1. The van der Waals surface area contributed by atoms with Crippen molar-refractivity contribution >= 4 is 21.7 Å². The molecule has 0 saturated carbocycles. The van der Waals surface area contributed by atoms with Gasteiger partial charge in [-0.2, -0.15) is 0 Å². The molecule has 1 aromatic carbocycles. The molecule has 0 aliphatic rings. The number of benzene rings is 1. The van der Waals surface area contributed by atoms with Crippen LogP contribution in [0.4, 0.5) is 0 Å². The monoisotopic (exact) mass is 270 g/mol. The molecule has 3 heteroatoms. The second-order valence-corrected chi connectivity index (χ2v) is 4.66. The molecule has 0 aliphatic carbocycles. The minimum atomic E-state index is -0.0736. The number of hydrogen-bond acceptors (Lipinski definition) is 2. The Morgan fingerprint density at radius 2 is 2.20 bits per heavy atom. The Labute approximate surface area is 98.8 Å². The van der Waals surface area contributed by atoms with Crippen LogP contribution >= 0.6 is 15.9 Å². The van der Waals surface area contributed by atoms with Crippen LogP contribution in [0, 0.1) is 6.92 Å². The molecule has 15 heavy (non-hydrogen) atoms. The van der Waals surface area contributed by atoms with E-state index in [0.717, 1.165) is 15.8 Å². The van der Waals surface area contributed by atoms with E-state index in [0.29, 0.717) is 6.42 Å². The normalized spacial score (nSPS) is 12.3. The van der Waals surface area contributed by atoms with Crippen LogP contribution in [0.25, 0.3) is 0 Å². The van der Waals surface area contributed by atoms with Crippen molar-refractivity contribution in [1.82, 2.24) is 0 Å². The molecule has 0 saturated heterocycles. The number of aryl methyl sites for hydroxylation is 1. The van der Waals surface area contributed by atoms with Crippen LogP contribution in [0.3, 0.4) is 0 Å². The van der Waals surface area contributed by atoms with Gasteiger partial charge in [-0.25, -0.2) is 0 Å². The second kappa shape index (κ2) is 5.31. The van der Waals surface area contributed by atoms with Crippen molar-refractivity contribution in [3.8, 4) is 5.75 Å². The van der Waals surface area contributed by atoms with Gasteiger partial charge in [-0.05, 0) is 38.5 Å². The van der Waals surface area contributed by atoms with Crippen molar-refractivity contribution in [3.63, 3.8) is 0 Å². The van der Waals surface area contributed by atoms with Gasteiger partial charge in [0.2, 0.25) is 0 Å². The molecule has 0 bridgehead atoms. The highest BCUT2D eigenvalue weighted by molar-refractivity contribution is 9.10. The predicted octanol–water partition coefficient (Wildman–Crippen LogP) is 3.50. The van der Waals surface area contributed by atoms with Crippen molar-refractivity contribution in [2.24, 2.45) is 0 Å². The molecule has 0 amide bonds. The fourth-order valence-corrected chi connectivity index (χ4v) is 1.70. The molecule has 0 radical (unpaired) electrons. The number of hydrogen-bond donors (Lipinski definition) is 0. The van der Waals surface area contributed by atoms with E-state index in [-0.39, 0.29) is 11.9 Å². The molecular weight excluding hydrogens is 256 g/mol. The van der Waals surface area contributed by atoms with Gasteiger partial charge in [0.1, 0.15) is 17.6 Å². The first-order valence-electron chi connectivity index (χ1n) is 4.91. The average Bonchev–Trinajstić information content (AvgIpc) is 2.10. The standard InChI is InChI=1S/C12H15BrO2/c1-8-4-5-11(13)7-12(8)15-10(3)6-9(2)14/h4-5,7,10H,6H2,1-3H3. The van der Waals surface area contributed by atoms with Gasteiger partial charge in [0, 0.05) is 10.9 Å². The minimum absolute atomic E-state index is 0.0736. The first-order chi connectivity index (χ1) is 6.99. The van der Waals surface area contributed by atoms with Crippen LogP contribution in [0.15, 0.2) is 22.7 Å². The summed E-state index contributed by atoms with van der Waals surface area (Å²) in [5.74, 6) is 0.980. The highest BCUT2D eigenvalue weighted by Crippen LogP contribution is 2.24. The molecule has 0 heterocycles. The molecule has 82 valence electrons.